The summed E-state index contributed by atoms with van der Waals surface area (Å²) >= 11 is 6.52. The topological polar surface area (TPSA) is 47.1 Å². The highest BCUT2D eigenvalue weighted by atomic mass is 35.5. The van der Waals surface area contributed by atoms with Crippen molar-refractivity contribution in [3.63, 3.8) is 0 Å². The molecule has 5 rings (SSSR count). The Morgan fingerprint density at radius 2 is 1.86 bits per heavy atom. The number of aromatic nitrogens is 2. The van der Waals surface area contributed by atoms with E-state index in [1.807, 2.05) is 6.07 Å². The molecule has 5 heteroatoms. The zero-order valence-corrected chi connectivity index (χ0v) is 17.1. The molecule has 0 radical (unpaired) electrons. The molecule has 1 atom stereocenters. The molecule has 0 amide bonds. The van der Waals surface area contributed by atoms with Gasteiger partial charge >= 0.3 is 0 Å². The first-order valence-corrected chi connectivity index (χ1v) is 10.7. The SMILES string of the molecule is Cc1ccc2c(c1)nc(Cl)n2C1CCN(CC2Cc3ccc(N)cc3C2)CC1. The summed E-state index contributed by atoms with van der Waals surface area (Å²) in [5.41, 5.74) is 13.2. The van der Waals surface area contributed by atoms with Crippen LogP contribution in [0.2, 0.25) is 5.28 Å². The van der Waals surface area contributed by atoms with Crippen LogP contribution in [-0.2, 0) is 12.8 Å². The molecule has 1 aliphatic heterocycles. The average molecular weight is 395 g/mol. The first-order chi connectivity index (χ1) is 13.6. The summed E-state index contributed by atoms with van der Waals surface area (Å²) in [7, 11) is 0. The van der Waals surface area contributed by atoms with Gasteiger partial charge in [0.25, 0.3) is 0 Å². The van der Waals surface area contributed by atoms with Crippen LogP contribution in [0, 0.1) is 12.8 Å². The molecule has 3 aromatic rings. The van der Waals surface area contributed by atoms with Gasteiger partial charge in [0.05, 0.1) is 11.0 Å². The molecule has 1 unspecified atom stereocenters. The van der Waals surface area contributed by atoms with Gasteiger partial charge < -0.3 is 15.2 Å². The van der Waals surface area contributed by atoms with Crippen molar-refractivity contribution in [3.8, 4) is 0 Å². The highest BCUT2D eigenvalue weighted by Gasteiger charge is 2.28. The molecule has 4 nitrogen and oxygen atoms in total. The molecular formula is C23H27ClN4. The lowest BCUT2D eigenvalue weighted by molar-refractivity contribution is 0.165. The molecule has 1 fully saturated rings. The van der Waals surface area contributed by atoms with Crippen molar-refractivity contribution in [3.05, 3.63) is 58.4 Å². The number of hydrogen-bond donors (Lipinski definition) is 1. The van der Waals surface area contributed by atoms with Crippen molar-refractivity contribution in [2.45, 2.75) is 38.6 Å². The maximum Gasteiger partial charge on any atom is 0.204 e. The number of anilines is 1. The molecule has 146 valence electrons. The van der Waals surface area contributed by atoms with Crippen molar-refractivity contribution in [2.24, 2.45) is 5.92 Å². The van der Waals surface area contributed by atoms with Crippen molar-refractivity contribution in [1.29, 1.82) is 0 Å². The minimum atomic E-state index is 0.442. The average Bonchev–Trinajstić information content (AvgIpc) is 3.21. The molecule has 2 aliphatic rings. The molecule has 28 heavy (non-hydrogen) atoms. The number of aryl methyl sites for hydroxylation is 1. The van der Waals surface area contributed by atoms with Crippen LogP contribution in [0.25, 0.3) is 11.0 Å². The molecular weight excluding hydrogens is 368 g/mol. The molecule has 1 aliphatic carbocycles. The van der Waals surface area contributed by atoms with E-state index < -0.39 is 0 Å². The van der Waals surface area contributed by atoms with E-state index in [1.54, 1.807) is 0 Å². The van der Waals surface area contributed by atoms with Crippen molar-refractivity contribution >= 4 is 28.3 Å². The van der Waals surface area contributed by atoms with E-state index in [4.69, 9.17) is 17.3 Å². The van der Waals surface area contributed by atoms with Crippen LogP contribution in [0.5, 0.6) is 0 Å². The van der Waals surface area contributed by atoms with Crippen LogP contribution in [0.1, 0.15) is 35.6 Å². The third kappa shape index (κ3) is 3.29. The largest absolute Gasteiger partial charge is 0.399 e. The minimum Gasteiger partial charge on any atom is -0.399 e. The Labute approximate surface area is 171 Å². The van der Waals surface area contributed by atoms with Gasteiger partial charge in [-0.1, -0.05) is 12.1 Å². The fourth-order valence-electron chi connectivity index (χ4n) is 5.11. The molecule has 1 aromatic heterocycles. The van der Waals surface area contributed by atoms with E-state index in [0.717, 1.165) is 49.1 Å². The number of fused-ring (bicyclic) bond motifs is 2. The highest BCUT2D eigenvalue weighted by molar-refractivity contribution is 6.29. The lowest BCUT2D eigenvalue weighted by Gasteiger charge is -2.34. The number of piperidine rings is 1. The molecule has 2 heterocycles. The lowest BCUT2D eigenvalue weighted by atomic mass is 10.0. The smallest absolute Gasteiger partial charge is 0.204 e. The summed E-state index contributed by atoms with van der Waals surface area (Å²) < 4.78 is 2.25. The number of nitrogens with zero attached hydrogens (tertiary/aromatic N) is 3. The number of nitrogen functional groups attached to an aromatic ring is 1. The minimum absolute atomic E-state index is 0.442. The molecule has 1 saturated heterocycles. The van der Waals surface area contributed by atoms with E-state index in [9.17, 15) is 0 Å². The number of likely N-dealkylation sites (tertiary alicyclic amines) is 1. The maximum absolute atomic E-state index is 6.52. The second-order valence-electron chi connectivity index (χ2n) is 8.58. The number of nitrogens with two attached hydrogens (primary N) is 1. The normalized spacial score (nSPS) is 20.7. The summed E-state index contributed by atoms with van der Waals surface area (Å²) in [4.78, 5) is 7.22. The fraction of sp³-hybridized carbons (Fsp3) is 0.435. The van der Waals surface area contributed by atoms with E-state index in [1.165, 1.54) is 29.7 Å². The quantitative estimate of drug-likeness (QED) is 0.658. The van der Waals surface area contributed by atoms with Gasteiger partial charge in [0.15, 0.2) is 0 Å². The Bertz CT molecular complexity index is 1020. The zero-order chi connectivity index (χ0) is 19.3. The third-order valence-corrected chi connectivity index (χ3v) is 6.75. The lowest BCUT2D eigenvalue weighted by Crippen LogP contribution is -2.38. The third-order valence-electron chi connectivity index (χ3n) is 6.49. The number of benzene rings is 2. The van der Waals surface area contributed by atoms with Gasteiger partial charge in [-0.25, -0.2) is 4.98 Å². The van der Waals surface area contributed by atoms with E-state index in [0.29, 0.717) is 17.2 Å². The van der Waals surface area contributed by atoms with Gasteiger partial charge in [-0.05, 0) is 91.1 Å². The van der Waals surface area contributed by atoms with Crippen molar-refractivity contribution in [1.82, 2.24) is 14.5 Å². The van der Waals surface area contributed by atoms with Gasteiger partial charge in [0, 0.05) is 31.4 Å². The molecule has 2 aromatic carbocycles. The summed E-state index contributed by atoms with van der Waals surface area (Å²) in [6.45, 7) is 5.53. The van der Waals surface area contributed by atoms with Crippen LogP contribution < -0.4 is 5.73 Å². The number of imidazole rings is 1. The molecule has 0 bridgehead atoms. The van der Waals surface area contributed by atoms with Gasteiger partial charge in [0.2, 0.25) is 5.28 Å². The van der Waals surface area contributed by atoms with Crippen LogP contribution in [0.3, 0.4) is 0 Å². The summed E-state index contributed by atoms with van der Waals surface area (Å²) in [5, 5.41) is 0.628. The van der Waals surface area contributed by atoms with Crippen LogP contribution >= 0.6 is 11.6 Å². The van der Waals surface area contributed by atoms with Crippen LogP contribution in [-0.4, -0.2) is 34.1 Å². The Morgan fingerprint density at radius 1 is 1.07 bits per heavy atom. The van der Waals surface area contributed by atoms with Gasteiger partial charge in [-0.3, -0.25) is 0 Å². The fourth-order valence-corrected chi connectivity index (χ4v) is 5.43. The highest BCUT2D eigenvalue weighted by Crippen LogP contribution is 2.33. The standard InChI is InChI=1S/C23H27ClN4/c1-15-2-5-22-21(10-15)26-23(24)28(22)20-6-8-27(9-7-20)14-16-11-17-3-4-19(25)13-18(17)12-16/h2-5,10,13,16,20H,6-9,11-12,14,25H2,1H3. The Hall–Kier alpha value is -2.04. The Kier molecular flexibility index (Phi) is 4.56. The monoisotopic (exact) mass is 394 g/mol. The molecule has 0 spiro atoms. The number of halogens is 1. The van der Waals surface area contributed by atoms with Crippen LogP contribution in [0.15, 0.2) is 36.4 Å². The Morgan fingerprint density at radius 3 is 2.68 bits per heavy atom. The van der Waals surface area contributed by atoms with Crippen LogP contribution in [0.4, 0.5) is 5.69 Å². The number of hydrogen-bond acceptors (Lipinski definition) is 3. The van der Waals surface area contributed by atoms with E-state index in [-0.39, 0.29) is 0 Å². The predicted molar refractivity (Wildman–Crippen MR) is 116 cm³/mol. The first-order valence-electron chi connectivity index (χ1n) is 10.3. The first kappa shape index (κ1) is 18.0. The summed E-state index contributed by atoms with van der Waals surface area (Å²) in [6.07, 6.45) is 4.61. The van der Waals surface area contributed by atoms with E-state index in [2.05, 4.69) is 51.7 Å². The Balaban J connectivity index is 1.23. The van der Waals surface area contributed by atoms with Gasteiger partial charge in [-0.2, -0.15) is 0 Å². The van der Waals surface area contributed by atoms with Gasteiger partial charge in [0.1, 0.15) is 0 Å². The van der Waals surface area contributed by atoms with Crippen molar-refractivity contribution < 1.29 is 0 Å². The predicted octanol–water partition coefficient (Wildman–Crippen LogP) is 4.63. The van der Waals surface area contributed by atoms with Gasteiger partial charge in [-0.15, -0.1) is 0 Å². The maximum atomic E-state index is 6.52. The van der Waals surface area contributed by atoms with E-state index >= 15 is 0 Å². The second kappa shape index (κ2) is 7.09. The molecule has 2 N–H and O–H groups in total. The second-order valence-corrected chi connectivity index (χ2v) is 8.92. The van der Waals surface area contributed by atoms with Crippen molar-refractivity contribution in [2.75, 3.05) is 25.4 Å². The number of rotatable bonds is 3. The molecule has 0 saturated carbocycles. The summed E-state index contributed by atoms with van der Waals surface area (Å²) in [6, 6.07) is 13.3. The zero-order valence-electron chi connectivity index (χ0n) is 16.4. The summed E-state index contributed by atoms with van der Waals surface area (Å²) in [5.74, 6) is 0.717.